The van der Waals surface area contributed by atoms with Crippen LogP contribution in [0, 0.1) is 5.41 Å². The van der Waals surface area contributed by atoms with Gasteiger partial charge in [0.05, 0.1) is 0 Å². The molecule has 0 atom stereocenters. The van der Waals surface area contributed by atoms with Crippen molar-refractivity contribution in [2.75, 3.05) is 13.1 Å². The molecule has 1 saturated carbocycles. The number of hydrogen-bond donors (Lipinski definition) is 1. The van der Waals surface area contributed by atoms with Crippen LogP contribution >= 0.6 is 11.3 Å². The Morgan fingerprint density at radius 1 is 1.47 bits per heavy atom. The summed E-state index contributed by atoms with van der Waals surface area (Å²) in [5.74, 6) is 0. The summed E-state index contributed by atoms with van der Waals surface area (Å²) in [6.45, 7) is 7.63. The molecule has 1 aliphatic carbocycles. The molecule has 1 heterocycles. The molecule has 0 aromatic carbocycles. The van der Waals surface area contributed by atoms with E-state index < -0.39 is 0 Å². The Bertz CT molecular complexity index is 328. The van der Waals surface area contributed by atoms with Crippen LogP contribution in [-0.4, -0.2) is 24.0 Å². The van der Waals surface area contributed by atoms with Gasteiger partial charge in [0, 0.05) is 17.5 Å². The Morgan fingerprint density at radius 3 is 2.76 bits per heavy atom. The molecule has 96 valence electrons. The van der Waals surface area contributed by atoms with Gasteiger partial charge in [-0.15, -0.1) is 11.3 Å². The first kappa shape index (κ1) is 13.1. The third kappa shape index (κ3) is 4.09. The molecule has 0 bridgehead atoms. The molecule has 0 unspecified atom stereocenters. The lowest BCUT2D eigenvalue weighted by molar-refractivity contribution is 0.208. The second-order valence-corrected chi connectivity index (χ2v) is 6.93. The molecule has 17 heavy (non-hydrogen) atoms. The summed E-state index contributed by atoms with van der Waals surface area (Å²) < 4.78 is 0. The van der Waals surface area contributed by atoms with Crippen LogP contribution in [0.25, 0.3) is 0 Å². The second-order valence-electron chi connectivity index (χ2n) is 5.90. The molecule has 1 aromatic heterocycles. The molecule has 2 nitrogen and oxygen atoms in total. The van der Waals surface area contributed by atoms with Crippen molar-refractivity contribution in [2.45, 2.75) is 45.7 Å². The average molecular weight is 252 g/mol. The monoisotopic (exact) mass is 252 g/mol. The maximum Gasteiger partial charge on any atom is 0.0330 e. The largest absolute Gasteiger partial charge is 0.330 e. The topological polar surface area (TPSA) is 29.3 Å². The Kier molecular flexibility index (Phi) is 4.23. The van der Waals surface area contributed by atoms with Gasteiger partial charge >= 0.3 is 0 Å². The number of nitrogens with two attached hydrogens (primary N) is 1. The Balaban J connectivity index is 1.85. The molecule has 1 aromatic rings. The van der Waals surface area contributed by atoms with Gasteiger partial charge in [-0.2, -0.15) is 0 Å². The molecule has 1 fully saturated rings. The van der Waals surface area contributed by atoms with Gasteiger partial charge < -0.3 is 5.73 Å². The minimum atomic E-state index is 0.280. The van der Waals surface area contributed by atoms with Gasteiger partial charge in [-0.1, -0.05) is 19.9 Å². The summed E-state index contributed by atoms with van der Waals surface area (Å²) in [5.41, 5.74) is 6.08. The van der Waals surface area contributed by atoms with E-state index >= 15 is 0 Å². The van der Waals surface area contributed by atoms with Crippen LogP contribution in [0.1, 0.15) is 38.0 Å². The van der Waals surface area contributed by atoms with E-state index in [2.05, 4.69) is 36.3 Å². The van der Waals surface area contributed by atoms with E-state index in [1.54, 1.807) is 0 Å². The highest BCUT2D eigenvalue weighted by Crippen LogP contribution is 2.31. The minimum absolute atomic E-state index is 0.280. The maximum absolute atomic E-state index is 5.80. The van der Waals surface area contributed by atoms with Crippen LogP contribution in [0.4, 0.5) is 0 Å². The van der Waals surface area contributed by atoms with E-state index in [0.717, 1.165) is 19.1 Å². The third-order valence-corrected chi connectivity index (χ3v) is 4.49. The summed E-state index contributed by atoms with van der Waals surface area (Å²) in [7, 11) is 0. The molecular weight excluding hydrogens is 228 g/mol. The van der Waals surface area contributed by atoms with Crippen molar-refractivity contribution in [1.82, 2.24) is 4.90 Å². The van der Waals surface area contributed by atoms with Crippen molar-refractivity contribution in [3.8, 4) is 0 Å². The fourth-order valence-corrected chi connectivity index (χ4v) is 2.71. The molecule has 3 heteroatoms. The highest BCUT2D eigenvalue weighted by molar-refractivity contribution is 7.09. The smallest absolute Gasteiger partial charge is 0.0330 e. The molecule has 0 saturated heterocycles. The third-order valence-electron chi connectivity index (χ3n) is 3.63. The van der Waals surface area contributed by atoms with Gasteiger partial charge in [-0.25, -0.2) is 0 Å². The van der Waals surface area contributed by atoms with Crippen molar-refractivity contribution in [2.24, 2.45) is 11.1 Å². The summed E-state index contributed by atoms with van der Waals surface area (Å²) >= 11 is 1.87. The van der Waals surface area contributed by atoms with Crippen LogP contribution in [0.2, 0.25) is 0 Å². The number of thiophene rings is 1. The lowest BCUT2D eigenvalue weighted by Crippen LogP contribution is -2.32. The van der Waals surface area contributed by atoms with Gasteiger partial charge in [-0.3, -0.25) is 4.90 Å². The van der Waals surface area contributed by atoms with E-state index in [0.29, 0.717) is 0 Å². The molecular formula is C14H24N2S. The fraction of sp³-hybridized carbons (Fsp3) is 0.714. The van der Waals surface area contributed by atoms with Gasteiger partial charge in [-0.05, 0) is 49.2 Å². The van der Waals surface area contributed by atoms with Gasteiger partial charge in [0.25, 0.3) is 0 Å². The zero-order valence-corrected chi connectivity index (χ0v) is 11.8. The fourth-order valence-electron chi connectivity index (χ4n) is 1.98. The molecule has 0 spiro atoms. The Hall–Kier alpha value is -0.380. The van der Waals surface area contributed by atoms with Crippen molar-refractivity contribution in [3.63, 3.8) is 0 Å². The minimum Gasteiger partial charge on any atom is -0.330 e. The van der Waals surface area contributed by atoms with E-state index in [-0.39, 0.29) is 5.41 Å². The first-order chi connectivity index (χ1) is 8.11. The molecule has 1 aliphatic rings. The summed E-state index contributed by atoms with van der Waals surface area (Å²) in [5, 5.41) is 2.17. The van der Waals surface area contributed by atoms with Gasteiger partial charge in [0.15, 0.2) is 0 Å². The zero-order valence-electron chi connectivity index (χ0n) is 11.0. The zero-order chi connectivity index (χ0) is 12.3. The van der Waals surface area contributed by atoms with E-state index in [4.69, 9.17) is 5.73 Å². The maximum atomic E-state index is 5.80. The summed E-state index contributed by atoms with van der Waals surface area (Å²) in [6, 6.07) is 5.23. The number of hydrogen-bond acceptors (Lipinski definition) is 3. The Morgan fingerprint density at radius 2 is 2.24 bits per heavy atom. The predicted octanol–water partition coefficient (Wildman–Crippen LogP) is 3.09. The Labute approximate surface area is 109 Å². The van der Waals surface area contributed by atoms with Crippen LogP contribution in [-0.2, 0) is 6.54 Å². The molecule has 0 radical (unpaired) electrons. The highest BCUT2D eigenvalue weighted by atomic mass is 32.1. The van der Waals surface area contributed by atoms with Crippen molar-refractivity contribution >= 4 is 11.3 Å². The van der Waals surface area contributed by atoms with Gasteiger partial charge in [0.2, 0.25) is 0 Å². The van der Waals surface area contributed by atoms with E-state index in [1.807, 2.05) is 11.3 Å². The van der Waals surface area contributed by atoms with Crippen LogP contribution in [0.3, 0.4) is 0 Å². The highest BCUT2D eigenvalue weighted by Gasteiger charge is 2.30. The molecule has 0 amide bonds. The first-order valence-electron chi connectivity index (χ1n) is 6.57. The lowest BCUT2D eigenvalue weighted by Gasteiger charge is -2.28. The average Bonchev–Trinajstić information content (AvgIpc) is 3.03. The summed E-state index contributed by atoms with van der Waals surface area (Å²) in [4.78, 5) is 4.13. The SMILES string of the molecule is CC(C)(CN)CCN(Cc1cccs1)C1CC1. The van der Waals surface area contributed by atoms with Gasteiger partial charge in [0.1, 0.15) is 0 Å². The van der Waals surface area contributed by atoms with Crippen LogP contribution in [0.15, 0.2) is 17.5 Å². The summed E-state index contributed by atoms with van der Waals surface area (Å²) in [6.07, 6.45) is 3.97. The van der Waals surface area contributed by atoms with Crippen LogP contribution < -0.4 is 5.73 Å². The van der Waals surface area contributed by atoms with Crippen molar-refractivity contribution in [3.05, 3.63) is 22.4 Å². The van der Waals surface area contributed by atoms with E-state index in [9.17, 15) is 0 Å². The number of nitrogens with zero attached hydrogens (tertiary/aromatic N) is 1. The van der Waals surface area contributed by atoms with E-state index in [1.165, 1.54) is 30.7 Å². The molecule has 2 rings (SSSR count). The quantitative estimate of drug-likeness (QED) is 0.808. The molecule has 0 aliphatic heterocycles. The van der Waals surface area contributed by atoms with Crippen molar-refractivity contribution < 1.29 is 0 Å². The predicted molar refractivity (Wildman–Crippen MR) is 75.2 cm³/mol. The second kappa shape index (κ2) is 5.51. The number of rotatable bonds is 7. The lowest BCUT2D eigenvalue weighted by atomic mass is 9.89. The normalized spacial score (nSPS) is 16.7. The molecule has 2 N–H and O–H groups in total. The standard InChI is InChI=1S/C14H24N2S/c1-14(2,11-15)7-8-16(12-5-6-12)10-13-4-3-9-17-13/h3-4,9,12H,5-8,10-11,15H2,1-2H3. The first-order valence-corrected chi connectivity index (χ1v) is 7.45. The van der Waals surface area contributed by atoms with Crippen molar-refractivity contribution in [1.29, 1.82) is 0 Å². The van der Waals surface area contributed by atoms with Crippen LogP contribution in [0.5, 0.6) is 0 Å².